The second kappa shape index (κ2) is 7.94. The normalized spacial score (nSPS) is 12.1. The van der Waals surface area contributed by atoms with Crippen LogP contribution in [0.5, 0.6) is 0 Å². The maximum absolute atomic E-state index is 13.4. The lowest BCUT2D eigenvalue weighted by Crippen LogP contribution is -2.30. The molecule has 0 radical (unpaired) electrons. The van der Waals surface area contributed by atoms with Gasteiger partial charge in [0.2, 0.25) is 5.91 Å². The first-order chi connectivity index (χ1) is 13.6. The van der Waals surface area contributed by atoms with Gasteiger partial charge in [0.1, 0.15) is 5.82 Å². The summed E-state index contributed by atoms with van der Waals surface area (Å²) >= 11 is 3.16. The van der Waals surface area contributed by atoms with Crippen LogP contribution in [-0.4, -0.2) is 15.9 Å². The van der Waals surface area contributed by atoms with E-state index in [1.807, 2.05) is 48.5 Å². The molecule has 0 spiro atoms. The first-order valence-corrected chi connectivity index (χ1v) is 9.61. The number of imidazole rings is 1. The number of benzene rings is 3. The highest BCUT2D eigenvalue weighted by Crippen LogP contribution is 2.25. The fourth-order valence-electron chi connectivity index (χ4n) is 3.18. The van der Waals surface area contributed by atoms with Crippen molar-refractivity contribution in [3.8, 4) is 0 Å². The number of hydrogen-bond acceptors (Lipinski definition) is 2. The molecule has 140 valence electrons. The molecular formula is C22H17BrFN3O. The summed E-state index contributed by atoms with van der Waals surface area (Å²) in [5.41, 5.74) is 4.46. The summed E-state index contributed by atoms with van der Waals surface area (Å²) in [5.74, 6) is -0.490. The lowest BCUT2D eigenvalue weighted by molar-refractivity contribution is -0.120. The van der Waals surface area contributed by atoms with Crippen LogP contribution in [0.2, 0.25) is 0 Å². The minimum Gasteiger partial charge on any atom is -0.345 e. The van der Waals surface area contributed by atoms with Crippen molar-refractivity contribution < 1.29 is 9.18 Å². The summed E-state index contributed by atoms with van der Waals surface area (Å²) in [5, 5.41) is 3.11. The molecule has 0 aliphatic carbocycles. The molecule has 4 aromatic rings. The smallest absolute Gasteiger partial charge is 0.225 e. The molecule has 0 fully saturated rings. The molecule has 2 N–H and O–H groups in total. The Morgan fingerprint density at radius 1 is 1.07 bits per heavy atom. The van der Waals surface area contributed by atoms with Gasteiger partial charge in [-0.3, -0.25) is 4.79 Å². The van der Waals surface area contributed by atoms with Crippen molar-refractivity contribution >= 4 is 32.9 Å². The number of nitrogens with zero attached hydrogens (tertiary/aromatic N) is 1. The highest BCUT2D eigenvalue weighted by molar-refractivity contribution is 9.10. The first kappa shape index (κ1) is 18.4. The molecule has 28 heavy (non-hydrogen) atoms. The number of carbonyl (C=O) groups excluding carboxylic acids is 1. The van der Waals surface area contributed by atoms with Crippen molar-refractivity contribution in [3.63, 3.8) is 0 Å². The third-order valence-electron chi connectivity index (χ3n) is 4.56. The lowest BCUT2D eigenvalue weighted by Gasteiger charge is -2.20. The first-order valence-electron chi connectivity index (χ1n) is 8.81. The molecule has 1 amide bonds. The van der Waals surface area contributed by atoms with Crippen molar-refractivity contribution in [2.24, 2.45) is 0 Å². The van der Waals surface area contributed by atoms with E-state index in [9.17, 15) is 9.18 Å². The van der Waals surface area contributed by atoms with E-state index in [-0.39, 0.29) is 24.2 Å². The number of rotatable bonds is 5. The number of aromatic amines is 1. The van der Waals surface area contributed by atoms with E-state index in [1.54, 1.807) is 18.5 Å². The number of hydrogen-bond donors (Lipinski definition) is 2. The van der Waals surface area contributed by atoms with Gasteiger partial charge in [-0.1, -0.05) is 42.5 Å². The predicted octanol–water partition coefficient (Wildman–Crippen LogP) is 4.91. The molecule has 0 aliphatic heterocycles. The fourth-order valence-corrected chi connectivity index (χ4v) is 3.61. The van der Waals surface area contributed by atoms with Gasteiger partial charge in [0, 0.05) is 0 Å². The molecule has 4 nitrogen and oxygen atoms in total. The maximum Gasteiger partial charge on any atom is 0.225 e. The fraction of sp³-hybridized carbons (Fsp3) is 0.0909. The van der Waals surface area contributed by atoms with Gasteiger partial charge in [0.05, 0.1) is 34.3 Å². The number of aromatic nitrogens is 2. The highest BCUT2D eigenvalue weighted by Gasteiger charge is 2.18. The Bertz CT molecular complexity index is 1130. The highest BCUT2D eigenvalue weighted by atomic mass is 79.9. The third-order valence-corrected chi connectivity index (χ3v) is 5.17. The van der Waals surface area contributed by atoms with E-state index in [0.29, 0.717) is 4.47 Å². The summed E-state index contributed by atoms with van der Waals surface area (Å²) in [6.07, 6.45) is 1.81. The summed E-state index contributed by atoms with van der Waals surface area (Å²) in [7, 11) is 0. The van der Waals surface area contributed by atoms with Crippen LogP contribution >= 0.6 is 15.9 Å². The van der Waals surface area contributed by atoms with E-state index < -0.39 is 0 Å². The average molecular weight is 438 g/mol. The Hall–Kier alpha value is -2.99. The van der Waals surface area contributed by atoms with Crippen LogP contribution in [0.25, 0.3) is 11.0 Å². The van der Waals surface area contributed by atoms with Gasteiger partial charge in [0.25, 0.3) is 0 Å². The molecule has 6 heteroatoms. The van der Waals surface area contributed by atoms with Crippen LogP contribution in [0.3, 0.4) is 0 Å². The van der Waals surface area contributed by atoms with Crippen molar-refractivity contribution in [3.05, 3.63) is 100 Å². The summed E-state index contributed by atoms with van der Waals surface area (Å²) in [6, 6.07) is 20.0. The average Bonchev–Trinajstić information content (AvgIpc) is 3.17. The molecule has 0 saturated carbocycles. The van der Waals surface area contributed by atoms with E-state index in [4.69, 9.17) is 0 Å². The van der Waals surface area contributed by atoms with Gasteiger partial charge in [-0.25, -0.2) is 9.37 Å². The Kier molecular flexibility index (Phi) is 5.21. The number of H-pyrrole nitrogens is 1. The van der Waals surface area contributed by atoms with Crippen LogP contribution in [0.4, 0.5) is 4.39 Å². The number of amides is 1. The Morgan fingerprint density at radius 2 is 1.89 bits per heavy atom. The molecule has 1 unspecified atom stereocenters. The Labute approximate surface area is 169 Å². The van der Waals surface area contributed by atoms with Gasteiger partial charge in [-0.2, -0.15) is 0 Å². The predicted molar refractivity (Wildman–Crippen MR) is 110 cm³/mol. The van der Waals surface area contributed by atoms with E-state index in [0.717, 1.165) is 27.7 Å². The summed E-state index contributed by atoms with van der Waals surface area (Å²) < 4.78 is 13.8. The van der Waals surface area contributed by atoms with Gasteiger partial charge in [-0.15, -0.1) is 0 Å². The minimum absolute atomic E-state index is 0.142. The van der Waals surface area contributed by atoms with Crippen molar-refractivity contribution in [1.82, 2.24) is 15.3 Å². The van der Waals surface area contributed by atoms with Gasteiger partial charge < -0.3 is 10.3 Å². The monoisotopic (exact) mass is 437 g/mol. The molecule has 0 saturated heterocycles. The number of halogens is 2. The van der Waals surface area contributed by atoms with Gasteiger partial charge >= 0.3 is 0 Å². The molecule has 1 atom stereocenters. The van der Waals surface area contributed by atoms with Crippen molar-refractivity contribution in [2.45, 2.75) is 12.5 Å². The van der Waals surface area contributed by atoms with Crippen molar-refractivity contribution in [1.29, 1.82) is 0 Å². The lowest BCUT2D eigenvalue weighted by atomic mass is 9.97. The zero-order valence-corrected chi connectivity index (χ0v) is 16.4. The van der Waals surface area contributed by atoms with Crippen LogP contribution < -0.4 is 5.32 Å². The summed E-state index contributed by atoms with van der Waals surface area (Å²) in [4.78, 5) is 20.1. The van der Waals surface area contributed by atoms with Crippen LogP contribution in [0, 0.1) is 5.82 Å². The molecular weight excluding hydrogens is 421 g/mol. The van der Waals surface area contributed by atoms with Crippen LogP contribution in [0.15, 0.2) is 77.5 Å². The SMILES string of the molecule is O=C(Cc1ccc(F)c(Br)c1)NC(c1ccccc1)c1ccc2nc[nH]c2c1. The number of nitrogens with one attached hydrogen (secondary N) is 2. The van der Waals surface area contributed by atoms with Gasteiger partial charge in [-0.05, 0) is 56.9 Å². The van der Waals surface area contributed by atoms with Crippen molar-refractivity contribution in [2.75, 3.05) is 0 Å². The minimum atomic E-state index is -0.348. The number of fused-ring (bicyclic) bond motifs is 1. The molecule has 4 rings (SSSR count). The molecule has 1 aromatic heterocycles. The van der Waals surface area contributed by atoms with E-state index >= 15 is 0 Å². The molecule has 0 bridgehead atoms. The second-order valence-electron chi connectivity index (χ2n) is 6.52. The number of carbonyl (C=O) groups is 1. The molecule has 0 aliphatic rings. The maximum atomic E-state index is 13.4. The zero-order chi connectivity index (χ0) is 19.5. The molecule has 1 heterocycles. The largest absolute Gasteiger partial charge is 0.345 e. The van der Waals surface area contributed by atoms with Gasteiger partial charge in [0.15, 0.2) is 0 Å². The topological polar surface area (TPSA) is 57.8 Å². The Morgan fingerprint density at radius 3 is 2.68 bits per heavy atom. The van der Waals surface area contributed by atoms with E-state index in [2.05, 4.69) is 31.2 Å². The van der Waals surface area contributed by atoms with Crippen LogP contribution in [0.1, 0.15) is 22.7 Å². The van der Waals surface area contributed by atoms with Crippen LogP contribution in [-0.2, 0) is 11.2 Å². The standard InChI is InChI=1S/C22H17BrFN3O/c23-17-10-14(6-8-18(17)24)11-21(28)27-22(15-4-2-1-3-5-15)16-7-9-19-20(12-16)26-13-25-19/h1-10,12-13,22H,11H2,(H,25,26)(H,27,28). The molecule has 3 aromatic carbocycles. The second-order valence-corrected chi connectivity index (χ2v) is 7.37. The quantitative estimate of drug-likeness (QED) is 0.465. The summed E-state index contributed by atoms with van der Waals surface area (Å²) in [6.45, 7) is 0. The third kappa shape index (κ3) is 3.97. The Balaban J connectivity index is 1.61. The van der Waals surface area contributed by atoms with E-state index in [1.165, 1.54) is 6.07 Å². The zero-order valence-electron chi connectivity index (χ0n) is 14.8.